The average molecular weight is 388 g/mol. The van der Waals surface area contributed by atoms with E-state index in [1.807, 2.05) is 6.92 Å². The Hall–Kier alpha value is -0.0300. The van der Waals surface area contributed by atoms with Crippen LogP contribution in [0, 0.1) is 5.92 Å². The molecule has 102 valence electrons. The normalized spacial score (nSPS) is 15.8. The Balaban J connectivity index is 3.20. The van der Waals surface area contributed by atoms with Crippen molar-refractivity contribution in [3.8, 4) is 0 Å². The van der Waals surface area contributed by atoms with Crippen LogP contribution in [0.2, 0.25) is 0 Å². The Bertz CT molecular complexity index is 403. The highest BCUT2D eigenvalue weighted by atomic mass is 79.9. The van der Waals surface area contributed by atoms with E-state index < -0.39 is 11.7 Å². The fourth-order valence-electron chi connectivity index (χ4n) is 2.11. The molecule has 1 aromatic carbocycles. The Morgan fingerprint density at radius 2 is 1.67 bits per heavy atom. The monoisotopic (exact) mass is 386 g/mol. The van der Waals surface area contributed by atoms with Gasteiger partial charge in [-0.2, -0.15) is 13.2 Å². The molecule has 0 aromatic heterocycles. The van der Waals surface area contributed by atoms with Gasteiger partial charge >= 0.3 is 6.18 Å². The molecule has 0 aliphatic heterocycles. The van der Waals surface area contributed by atoms with E-state index in [2.05, 4.69) is 45.7 Å². The minimum Gasteiger partial charge on any atom is -0.166 e. The fraction of sp³-hybridized carbons (Fsp3) is 0.538. The minimum atomic E-state index is -4.30. The van der Waals surface area contributed by atoms with E-state index in [0.29, 0.717) is 10.4 Å². The maximum Gasteiger partial charge on any atom is 0.416 e. The van der Waals surface area contributed by atoms with Gasteiger partial charge in [0.15, 0.2) is 0 Å². The van der Waals surface area contributed by atoms with E-state index in [4.69, 9.17) is 0 Å². The standard InChI is InChI=1S/C13H15Br2F3/c1-7(2)12(8(3)14)10-5-4-9(6-11(10)15)13(16,17)18/h4-8,12H,1-3H3. The lowest BCUT2D eigenvalue weighted by Gasteiger charge is -2.25. The summed E-state index contributed by atoms with van der Waals surface area (Å²) in [6, 6.07) is 3.86. The van der Waals surface area contributed by atoms with E-state index in [0.717, 1.165) is 17.7 Å². The molecule has 0 bridgehead atoms. The zero-order valence-corrected chi connectivity index (χ0v) is 13.5. The third-order valence-electron chi connectivity index (χ3n) is 2.90. The first-order valence-electron chi connectivity index (χ1n) is 5.65. The predicted octanol–water partition coefficient (Wildman–Crippen LogP) is 5.99. The van der Waals surface area contributed by atoms with Gasteiger partial charge in [-0.3, -0.25) is 0 Å². The highest BCUT2D eigenvalue weighted by molar-refractivity contribution is 9.10. The second-order valence-corrected chi connectivity index (χ2v) is 6.98. The molecule has 1 rings (SSSR count). The summed E-state index contributed by atoms with van der Waals surface area (Å²) in [7, 11) is 0. The van der Waals surface area contributed by atoms with Gasteiger partial charge in [-0.1, -0.05) is 58.7 Å². The van der Waals surface area contributed by atoms with Gasteiger partial charge in [-0.25, -0.2) is 0 Å². The summed E-state index contributed by atoms with van der Waals surface area (Å²) in [5.74, 6) is 0.508. The molecule has 0 nitrogen and oxygen atoms in total. The lowest BCUT2D eigenvalue weighted by molar-refractivity contribution is -0.137. The highest BCUT2D eigenvalue weighted by Crippen LogP contribution is 2.39. The second kappa shape index (κ2) is 5.95. The first-order chi connectivity index (χ1) is 8.14. The SMILES string of the molecule is CC(C)C(c1ccc(C(F)(F)F)cc1Br)C(C)Br. The van der Waals surface area contributed by atoms with Gasteiger partial charge in [-0.15, -0.1) is 0 Å². The van der Waals surface area contributed by atoms with Crippen molar-refractivity contribution < 1.29 is 13.2 Å². The van der Waals surface area contributed by atoms with Crippen LogP contribution in [0.5, 0.6) is 0 Å². The molecule has 18 heavy (non-hydrogen) atoms. The van der Waals surface area contributed by atoms with Crippen LogP contribution in [0.4, 0.5) is 13.2 Å². The van der Waals surface area contributed by atoms with E-state index in [-0.39, 0.29) is 10.7 Å². The number of benzene rings is 1. The topological polar surface area (TPSA) is 0 Å². The molecular weight excluding hydrogens is 373 g/mol. The summed E-state index contributed by atoms with van der Waals surface area (Å²) in [6.07, 6.45) is -4.30. The smallest absolute Gasteiger partial charge is 0.166 e. The first kappa shape index (κ1) is 16.0. The van der Waals surface area contributed by atoms with Crippen LogP contribution in [0.1, 0.15) is 37.8 Å². The van der Waals surface area contributed by atoms with Crippen LogP contribution in [0.3, 0.4) is 0 Å². The van der Waals surface area contributed by atoms with Crippen LogP contribution in [-0.4, -0.2) is 4.83 Å². The van der Waals surface area contributed by atoms with Gasteiger partial charge in [0, 0.05) is 9.30 Å². The van der Waals surface area contributed by atoms with E-state index in [9.17, 15) is 13.2 Å². The Kier molecular flexibility index (Phi) is 5.30. The third kappa shape index (κ3) is 3.73. The molecule has 0 amide bonds. The van der Waals surface area contributed by atoms with Gasteiger partial charge < -0.3 is 0 Å². The fourth-order valence-corrected chi connectivity index (χ4v) is 3.65. The van der Waals surface area contributed by atoms with Crippen molar-refractivity contribution in [2.45, 2.75) is 37.7 Å². The summed E-state index contributed by atoms with van der Waals surface area (Å²) in [4.78, 5) is 0.200. The zero-order valence-electron chi connectivity index (χ0n) is 10.4. The summed E-state index contributed by atoms with van der Waals surface area (Å²) < 4.78 is 38.3. The van der Waals surface area contributed by atoms with Crippen molar-refractivity contribution in [1.29, 1.82) is 0 Å². The molecule has 2 atom stereocenters. The molecular formula is C13H15Br2F3. The molecule has 1 aromatic rings. The van der Waals surface area contributed by atoms with Gasteiger partial charge in [0.1, 0.15) is 0 Å². The van der Waals surface area contributed by atoms with Crippen molar-refractivity contribution in [2.75, 3.05) is 0 Å². The van der Waals surface area contributed by atoms with E-state index >= 15 is 0 Å². The predicted molar refractivity (Wildman–Crippen MR) is 75.1 cm³/mol. The number of hydrogen-bond donors (Lipinski definition) is 0. The Morgan fingerprint density at radius 1 is 1.11 bits per heavy atom. The van der Waals surface area contributed by atoms with Gasteiger partial charge in [0.05, 0.1) is 5.56 Å². The van der Waals surface area contributed by atoms with Crippen LogP contribution in [-0.2, 0) is 6.18 Å². The van der Waals surface area contributed by atoms with Crippen LogP contribution >= 0.6 is 31.9 Å². The van der Waals surface area contributed by atoms with E-state index in [1.165, 1.54) is 0 Å². The second-order valence-electron chi connectivity index (χ2n) is 4.68. The van der Waals surface area contributed by atoms with Crippen LogP contribution < -0.4 is 0 Å². The maximum absolute atomic E-state index is 12.6. The van der Waals surface area contributed by atoms with Crippen molar-refractivity contribution in [2.24, 2.45) is 5.92 Å². The molecule has 0 N–H and O–H groups in total. The number of hydrogen-bond acceptors (Lipinski definition) is 0. The van der Waals surface area contributed by atoms with Crippen LogP contribution in [0.15, 0.2) is 22.7 Å². The number of halogens is 5. The molecule has 0 radical (unpaired) electrons. The molecule has 0 saturated heterocycles. The van der Waals surface area contributed by atoms with Crippen LogP contribution in [0.25, 0.3) is 0 Å². The summed E-state index contributed by atoms with van der Waals surface area (Å²) >= 11 is 6.78. The zero-order chi connectivity index (χ0) is 14.1. The molecule has 0 aliphatic carbocycles. The third-order valence-corrected chi connectivity index (χ3v) is 4.16. The summed E-state index contributed by atoms with van der Waals surface area (Å²) in [5.41, 5.74) is 0.283. The average Bonchev–Trinajstić information content (AvgIpc) is 2.18. The highest BCUT2D eigenvalue weighted by Gasteiger charge is 2.32. The van der Waals surface area contributed by atoms with Crippen molar-refractivity contribution in [1.82, 2.24) is 0 Å². The molecule has 5 heteroatoms. The molecule has 0 saturated carbocycles. The van der Waals surface area contributed by atoms with Crippen molar-refractivity contribution in [3.05, 3.63) is 33.8 Å². The van der Waals surface area contributed by atoms with Crippen molar-refractivity contribution in [3.63, 3.8) is 0 Å². The lowest BCUT2D eigenvalue weighted by Crippen LogP contribution is -2.16. The number of alkyl halides is 4. The van der Waals surface area contributed by atoms with Gasteiger partial charge in [0.2, 0.25) is 0 Å². The summed E-state index contributed by atoms with van der Waals surface area (Å²) in [5, 5.41) is 0. The number of rotatable bonds is 3. The van der Waals surface area contributed by atoms with Gasteiger partial charge in [-0.05, 0) is 29.5 Å². The molecule has 0 fully saturated rings. The molecule has 0 heterocycles. The first-order valence-corrected chi connectivity index (χ1v) is 7.36. The van der Waals surface area contributed by atoms with Crippen molar-refractivity contribution >= 4 is 31.9 Å². The molecule has 0 aliphatic rings. The maximum atomic E-state index is 12.6. The minimum absolute atomic E-state index is 0.168. The Labute approximate surface area is 122 Å². The molecule has 2 unspecified atom stereocenters. The largest absolute Gasteiger partial charge is 0.416 e. The quantitative estimate of drug-likeness (QED) is 0.558. The summed E-state index contributed by atoms with van der Waals surface area (Å²) in [6.45, 7) is 6.13. The molecule has 0 spiro atoms. The Morgan fingerprint density at radius 3 is 2.00 bits per heavy atom. The van der Waals surface area contributed by atoms with E-state index in [1.54, 1.807) is 6.07 Å². The lowest BCUT2D eigenvalue weighted by atomic mass is 9.86. The van der Waals surface area contributed by atoms with Gasteiger partial charge in [0.25, 0.3) is 0 Å².